The molecule has 3 aromatic rings. The Bertz CT molecular complexity index is 1400. The van der Waals surface area contributed by atoms with Crippen molar-refractivity contribution in [3.05, 3.63) is 77.9 Å². The summed E-state index contributed by atoms with van der Waals surface area (Å²) in [6, 6.07) is 21.6. The number of esters is 1. The van der Waals surface area contributed by atoms with E-state index in [-0.39, 0.29) is 23.7 Å². The van der Waals surface area contributed by atoms with Gasteiger partial charge in [0.1, 0.15) is 22.2 Å². The van der Waals surface area contributed by atoms with Crippen LogP contribution in [0.3, 0.4) is 0 Å². The molecule has 0 N–H and O–H groups in total. The Balaban J connectivity index is 1.37. The van der Waals surface area contributed by atoms with Crippen molar-refractivity contribution in [3.63, 3.8) is 0 Å². The third-order valence-electron chi connectivity index (χ3n) is 6.76. The fourth-order valence-electron chi connectivity index (χ4n) is 4.59. The SMILES string of the molecule is CCOC(=O)CC1(c2ccc(OCc3cccc(-c4ccc(OCCCS(C)(=O)=O)c(OC)c4)c3)cc2)COC1. The van der Waals surface area contributed by atoms with E-state index in [4.69, 9.17) is 23.7 Å². The van der Waals surface area contributed by atoms with E-state index in [0.717, 1.165) is 28.0 Å². The number of sulfone groups is 1. The van der Waals surface area contributed by atoms with Gasteiger partial charge in [0.2, 0.25) is 0 Å². The minimum atomic E-state index is -3.02. The van der Waals surface area contributed by atoms with Crippen LogP contribution in [-0.2, 0) is 36.1 Å². The molecule has 3 aromatic carbocycles. The molecule has 0 radical (unpaired) electrons. The lowest BCUT2D eigenvalue weighted by molar-refractivity contribution is -0.151. The van der Waals surface area contributed by atoms with Gasteiger partial charge in [0.05, 0.1) is 51.1 Å². The maximum atomic E-state index is 12.1. The summed E-state index contributed by atoms with van der Waals surface area (Å²) in [6.45, 7) is 3.85. The van der Waals surface area contributed by atoms with Gasteiger partial charge in [0.15, 0.2) is 11.5 Å². The second-order valence-electron chi connectivity index (χ2n) is 9.97. The molecule has 0 bridgehead atoms. The zero-order valence-electron chi connectivity index (χ0n) is 23.2. The van der Waals surface area contributed by atoms with Gasteiger partial charge in [0.25, 0.3) is 0 Å². The van der Waals surface area contributed by atoms with E-state index < -0.39 is 9.84 Å². The van der Waals surface area contributed by atoms with Crippen LogP contribution >= 0.6 is 0 Å². The van der Waals surface area contributed by atoms with Crippen LogP contribution in [0.15, 0.2) is 66.7 Å². The molecule has 0 aromatic heterocycles. The van der Waals surface area contributed by atoms with Crippen molar-refractivity contribution in [2.24, 2.45) is 0 Å². The first-order valence-corrected chi connectivity index (χ1v) is 15.3. The molecule has 0 aliphatic carbocycles. The van der Waals surface area contributed by atoms with Crippen LogP contribution < -0.4 is 14.2 Å². The molecule has 0 saturated carbocycles. The van der Waals surface area contributed by atoms with Crippen molar-refractivity contribution in [1.29, 1.82) is 0 Å². The third-order valence-corrected chi connectivity index (χ3v) is 7.79. The molecule has 0 spiro atoms. The summed E-state index contributed by atoms with van der Waals surface area (Å²) in [5.74, 6) is 1.75. The molecule has 8 nitrogen and oxygen atoms in total. The highest BCUT2D eigenvalue weighted by Crippen LogP contribution is 2.37. The molecule has 0 amide bonds. The van der Waals surface area contributed by atoms with E-state index in [1.54, 1.807) is 14.0 Å². The summed E-state index contributed by atoms with van der Waals surface area (Å²) in [6.07, 6.45) is 1.93. The van der Waals surface area contributed by atoms with Gasteiger partial charge < -0.3 is 23.7 Å². The lowest BCUT2D eigenvalue weighted by Gasteiger charge is -2.41. The number of carbonyl (C=O) groups excluding carboxylic acids is 1. The van der Waals surface area contributed by atoms with Crippen molar-refractivity contribution in [3.8, 4) is 28.4 Å². The van der Waals surface area contributed by atoms with Crippen molar-refractivity contribution in [1.82, 2.24) is 0 Å². The Morgan fingerprint density at radius 1 is 0.950 bits per heavy atom. The van der Waals surface area contributed by atoms with E-state index >= 15 is 0 Å². The summed E-state index contributed by atoms with van der Waals surface area (Å²) in [7, 11) is -1.44. The van der Waals surface area contributed by atoms with Crippen LogP contribution in [-0.4, -0.2) is 59.9 Å². The highest BCUT2D eigenvalue weighted by atomic mass is 32.2. The van der Waals surface area contributed by atoms with Crippen LogP contribution in [0.1, 0.15) is 30.9 Å². The molecular weight excluding hydrogens is 532 g/mol. The highest BCUT2D eigenvalue weighted by Gasteiger charge is 2.42. The maximum Gasteiger partial charge on any atom is 0.306 e. The van der Waals surface area contributed by atoms with Gasteiger partial charge in [-0.1, -0.05) is 36.4 Å². The maximum absolute atomic E-state index is 12.1. The number of carbonyl (C=O) groups is 1. The van der Waals surface area contributed by atoms with E-state index in [1.165, 1.54) is 6.26 Å². The molecule has 9 heteroatoms. The van der Waals surface area contributed by atoms with E-state index in [9.17, 15) is 13.2 Å². The minimum absolute atomic E-state index is 0.0810. The highest BCUT2D eigenvalue weighted by molar-refractivity contribution is 7.90. The number of benzene rings is 3. The zero-order valence-corrected chi connectivity index (χ0v) is 24.0. The molecule has 1 heterocycles. The Morgan fingerprint density at radius 3 is 2.35 bits per heavy atom. The van der Waals surface area contributed by atoms with Crippen LogP contribution in [0.4, 0.5) is 0 Å². The molecule has 40 heavy (non-hydrogen) atoms. The Hall–Kier alpha value is -3.56. The van der Waals surface area contributed by atoms with Gasteiger partial charge in [-0.25, -0.2) is 8.42 Å². The van der Waals surface area contributed by atoms with Crippen LogP contribution in [0.25, 0.3) is 11.1 Å². The Labute approximate surface area is 236 Å². The number of ether oxygens (including phenoxy) is 5. The molecule has 1 fully saturated rings. The summed E-state index contributed by atoms with van der Waals surface area (Å²) >= 11 is 0. The van der Waals surface area contributed by atoms with E-state index in [0.29, 0.717) is 50.8 Å². The molecule has 1 aliphatic rings. The molecule has 1 aliphatic heterocycles. The fourth-order valence-corrected chi connectivity index (χ4v) is 5.23. The number of methoxy groups -OCH3 is 1. The second kappa shape index (κ2) is 13.2. The predicted molar refractivity (Wildman–Crippen MR) is 153 cm³/mol. The predicted octanol–water partition coefficient (Wildman–Crippen LogP) is 4.98. The second-order valence-corrected chi connectivity index (χ2v) is 12.2. The van der Waals surface area contributed by atoms with Crippen molar-refractivity contribution < 1.29 is 36.9 Å². The zero-order chi connectivity index (χ0) is 28.6. The quantitative estimate of drug-likeness (QED) is 0.199. The van der Waals surface area contributed by atoms with E-state index in [1.807, 2.05) is 60.7 Å². The fraction of sp³-hybridized carbons (Fsp3) is 0.387. The van der Waals surface area contributed by atoms with Crippen LogP contribution in [0, 0.1) is 0 Å². The molecule has 0 atom stereocenters. The largest absolute Gasteiger partial charge is 0.493 e. The van der Waals surface area contributed by atoms with Gasteiger partial charge in [-0.15, -0.1) is 0 Å². The normalized spacial score (nSPS) is 14.2. The smallest absolute Gasteiger partial charge is 0.306 e. The van der Waals surface area contributed by atoms with Gasteiger partial charge >= 0.3 is 5.97 Å². The van der Waals surface area contributed by atoms with Crippen molar-refractivity contribution in [2.75, 3.05) is 45.5 Å². The van der Waals surface area contributed by atoms with E-state index in [2.05, 4.69) is 6.07 Å². The van der Waals surface area contributed by atoms with Gasteiger partial charge in [-0.3, -0.25) is 4.79 Å². The standard InChI is InChI=1S/C31H36O8S/c1-4-37-30(32)19-31(21-36-22-31)26-10-12-27(13-11-26)39-20-23-7-5-8-24(17-23)25-9-14-28(29(18-25)35-2)38-15-6-16-40(3,33)34/h5,7-14,17-18H,4,6,15-16,19-22H2,1-3H3. The Kier molecular flexibility index (Phi) is 9.71. The molecule has 214 valence electrons. The summed E-state index contributed by atoms with van der Waals surface area (Å²) < 4.78 is 50.6. The lowest BCUT2D eigenvalue weighted by Crippen LogP contribution is -2.48. The average Bonchev–Trinajstić information content (AvgIpc) is 2.92. The van der Waals surface area contributed by atoms with Gasteiger partial charge in [-0.2, -0.15) is 0 Å². The average molecular weight is 569 g/mol. The summed E-state index contributed by atoms with van der Waals surface area (Å²) in [4.78, 5) is 12.1. The first-order valence-electron chi connectivity index (χ1n) is 13.3. The minimum Gasteiger partial charge on any atom is -0.493 e. The van der Waals surface area contributed by atoms with Crippen LogP contribution in [0.5, 0.6) is 17.2 Å². The van der Waals surface area contributed by atoms with Crippen molar-refractivity contribution in [2.45, 2.75) is 31.8 Å². The van der Waals surface area contributed by atoms with Gasteiger partial charge in [0, 0.05) is 6.26 Å². The van der Waals surface area contributed by atoms with Gasteiger partial charge in [-0.05, 0) is 65.9 Å². The summed E-state index contributed by atoms with van der Waals surface area (Å²) in [5.41, 5.74) is 3.67. The number of rotatable bonds is 14. The van der Waals surface area contributed by atoms with Crippen molar-refractivity contribution >= 4 is 15.8 Å². The third kappa shape index (κ3) is 7.76. The molecule has 0 unspecified atom stereocenters. The molecule has 1 saturated heterocycles. The first kappa shape index (κ1) is 29.4. The molecule has 4 rings (SSSR count). The number of hydrogen-bond acceptors (Lipinski definition) is 8. The summed E-state index contributed by atoms with van der Waals surface area (Å²) in [5, 5.41) is 0. The Morgan fingerprint density at radius 2 is 1.70 bits per heavy atom. The topological polar surface area (TPSA) is 97.4 Å². The monoisotopic (exact) mass is 568 g/mol. The lowest BCUT2D eigenvalue weighted by atomic mass is 9.76. The van der Waals surface area contributed by atoms with Crippen LogP contribution in [0.2, 0.25) is 0 Å². The first-order chi connectivity index (χ1) is 19.2. The number of hydrogen-bond donors (Lipinski definition) is 0. The molecular formula is C31H36O8S.